The van der Waals surface area contributed by atoms with Crippen LogP contribution in [0.25, 0.3) is 0 Å². The van der Waals surface area contributed by atoms with Crippen molar-refractivity contribution in [2.75, 3.05) is 19.7 Å². The van der Waals surface area contributed by atoms with Crippen LogP contribution >= 0.6 is 0 Å². The molecule has 7 heteroatoms. The summed E-state index contributed by atoms with van der Waals surface area (Å²) in [4.78, 5) is 12.0. The highest BCUT2D eigenvalue weighted by Crippen LogP contribution is 2.15. The third-order valence-corrected chi connectivity index (χ3v) is 4.66. The number of hydrogen-bond acceptors (Lipinski definition) is 4. The predicted molar refractivity (Wildman–Crippen MR) is 91.6 cm³/mol. The lowest BCUT2D eigenvalue weighted by molar-refractivity contribution is 0.0954. The molecule has 2 aromatic carbocycles. The molecule has 24 heavy (non-hydrogen) atoms. The number of carbonyl (C=O) groups excluding carboxylic acids is 1. The minimum absolute atomic E-state index is 0.105. The van der Waals surface area contributed by atoms with E-state index in [2.05, 4.69) is 10.0 Å². The SMILES string of the molecule is CCOc1ccc(S(=O)(=O)NCCNC(=O)c2ccccc2)cc1. The molecule has 0 spiro atoms. The van der Waals surface area contributed by atoms with E-state index in [0.29, 0.717) is 17.9 Å². The molecule has 0 fully saturated rings. The molecule has 2 N–H and O–H groups in total. The Morgan fingerprint density at radius 2 is 1.67 bits per heavy atom. The van der Waals surface area contributed by atoms with Gasteiger partial charge in [0.05, 0.1) is 11.5 Å². The van der Waals surface area contributed by atoms with E-state index in [-0.39, 0.29) is 23.9 Å². The van der Waals surface area contributed by atoms with E-state index in [4.69, 9.17) is 4.74 Å². The molecule has 0 radical (unpaired) electrons. The van der Waals surface area contributed by atoms with E-state index in [0.717, 1.165) is 0 Å². The van der Waals surface area contributed by atoms with Gasteiger partial charge in [0.15, 0.2) is 0 Å². The molecule has 0 bridgehead atoms. The fourth-order valence-corrected chi connectivity index (χ4v) is 3.05. The van der Waals surface area contributed by atoms with Crippen molar-refractivity contribution in [1.29, 1.82) is 0 Å². The maximum Gasteiger partial charge on any atom is 0.251 e. The molecule has 2 rings (SSSR count). The molecule has 6 nitrogen and oxygen atoms in total. The zero-order chi connectivity index (χ0) is 17.4. The van der Waals surface area contributed by atoms with Crippen molar-refractivity contribution in [2.24, 2.45) is 0 Å². The highest BCUT2D eigenvalue weighted by atomic mass is 32.2. The number of ether oxygens (including phenoxy) is 1. The summed E-state index contributed by atoms with van der Waals surface area (Å²) in [6.45, 7) is 2.68. The van der Waals surface area contributed by atoms with Crippen molar-refractivity contribution in [3.8, 4) is 5.75 Å². The monoisotopic (exact) mass is 348 g/mol. The van der Waals surface area contributed by atoms with E-state index in [9.17, 15) is 13.2 Å². The van der Waals surface area contributed by atoms with Gasteiger partial charge in [-0.1, -0.05) is 18.2 Å². The minimum atomic E-state index is -3.61. The van der Waals surface area contributed by atoms with E-state index < -0.39 is 10.0 Å². The molecule has 0 heterocycles. The van der Waals surface area contributed by atoms with Gasteiger partial charge in [-0.25, -0.2) is 13.1 Å². The second-order valence-corrected chi connectivity index (χ2v) is 6.69. The maximum atomic E-state index is 12.2. The quantitative estimate of drug-likeness (QED) is 0.713. The van der Waals surface area contributed by atoms with Crippen LogP contribution in [0.4, 0.5) is 0 Å². The Balaban J connectivity index is 1.83. The summed E-state index contributed by atoms with van der Waals surface area (Å²) in [6.07, 6.45) is 0. The van der Waals surface area contributed by atoms with Crippen LogP contribution in [0, 0.1) is 0 Å². The zero-order valence-electron chi connectivity index (χ0n) is 13.4. The van der Waals surface area contributed by atoms with Crippen LogP contribution in [0.1, 0.15) is 17.3 Å². The fraction of sp³-hybridized carbons (Fsp3) is 0.235. The van der Waals surface area contributed by atoms with Gasteiger partial charge in [-0.05, 0) is 43.3 Å². The highest BCUT2D eigenvalue weighted by molar-refractivity contribution is 7.89. The van der Waals surface area contributed by atoms with Gasteiger partial charge < -0.3 is 10.1 Å². The largest absolute Gasteiger partial charge is 0.494 e. The Morgan fingerprint density at radius 1 is 1.00 bits per heavy atom. The average molecular weight is 348 g/mol. The summed E-state index contributed by atoms with van der Waals surface area (Å²) in [5.74, 6) is 0.377. The molecular weight excluding hydrogens is 328 g/mol. The third kappa shape index (κ3) is 5.07. The van der Waals surface area contributed by atoms with Gasteiger partial charge in [0, 0.05) is 18.7 Å². The van der Waals surface area contributed by atoms with E-state index in [1.807, 2.05) is 13.0 Å². The third-order valence-electron chi connectivity index (χ3n) is 3.18. The van der Waals surface area contributed by atoms with Crippen molar-refractivity contribution in [3.63, 3.8) is 0 Å². The first kappa shape index (κ1) is 18.0. The Labute approximate surface area is 141 Å². The summed E-state index contributed by atoms with van der Waals surface area (Å²) >= 11 is 0. The minimum Gasteiger partial charge on any atom is -0.494 e. The Kier molecular flexibility index (Phi) is 6.34. The normalized spacial score (nSPS) is 11.0. The second-order valence-electron chi connectivity index (χ2n) is 4.92. The number of benzene rings is 2. The molecule has 0 unspecified atom stereocenters. The number of hydrogen-bond donors (Lipinski definition) is 2. The van der Waals surface area contributed by atoms with Gasteiger partial charge in [-0.2, -0.15) is 0 Å². The first-order valence-electron chi connectivity index (χ1n) is 7.58. The average Bonchev–Trinajstić information content (AvgIpc) is 2.60. The van der Waals surface area contributed by atoms with Gasteiger partial charge in [-0.3, -0.25) is 4.79 Å². The molecular formula is C17H20N2O4S. The molecule has 0 aromatic heterocycles. The highest BCUT2D eigenvalue weighted by Gasteiger charge is 2.13. The Morgan fingerprint density at radius 3 is 2.29 bits per heavy atom. The summed E-state index contributed by atoms with van der Waals surface area (Å²) in [7, 11) is -3.61. The van der Waals surface area contributed by atoms with Crippen LogP contribution in [0.2, 0.25) is 0 Å². The van der Waals surface area contributed by atoms with Crippen molar-refractivity contribution >= 4 is 15.9 Å². The number of carbonyl (C=O) groups is 1. The van der Waals surface area contributed by atoms with Gasteiger partial charge in [0.2, 0.25) is 10.0 Å². The number of rotatable bonds is 8. The molecule has 128 valence electrons. The molecule has 0 atom stereocenters. The summed E-state index contributed by atoms with van der Waals surface area (Å²) in [5.41, 5.74) is 0.534. The molecule has 1 amide bonds. The standard InChI is InChI=1S/C17H20N2O4S/c1-2-23-15-8-10-16(11-9-15)24(21,22)19-13-12-18-17(20)14-6-4-3-5-7-14/h3-11,19H,2,12-13H2,1H3,(H,18,20). The van der Waals surface area contributed by atoms with Crippen LogP contribution < -0.4 is 14.8 Å². The van der Waals surface area contributed by atoms with Gasteiger partial charge in [0.1, 0.15) is 5.75 Å². The van der Waals surface area contributed by atoms with Gasteiger partial charge in [0.25, 0.3) is 5.91 Å². The first-order valence-corrected chi connectivity index (χ1v) is 9.07. The Bertz CT molecular complexity index is 759. The number of amides is 1. The predicted octanol–water partition coefficient (Wildman–Crippen LogP) is 1.79. The van der Waals surface area contributed by atoms with Crippen molar-refractivity contribution in [1.82, 2.24) is 10.0 Å². The molecule has 0 aliphatic carbocycles. The van der Waals surface area contributed by atoms with Crippen LogP contribution in [-0.2, 0) is 10.0 Å². The lowest BCUT2D eigenvalue weighted by Crippen LogP contribution is -2.34. The number of nitrogens with one attached hydrogen (secondary N) is 2. The summed E-state index contributed by atoms with van der Waals surface area (Å²) in [5, 5.41) is 2.66. The second kappa shape index (κ2) is 8.47. The van der Waals surface area contributed by atoms with E-state index in [1.165, 1.54) is 12.1 Å². The molecule has 2 aromatic rings. The first-order chi connectivity index (χ1) is 11.5. The maximum absolute atomic E-state index is 12.2. The summed E-state index contributed by atoms with van der Waals surface area (Å²) in [6, 6.07) is 14.9. The van der Waals surface area contributed by atoms with Crippen LogP contribution in [0.15, 0.2) is 59.5 Å². The van der Waals surface area contributed by atoms with E-state index in [1.54, 1.807) is 36.4 Å². The van der Waals surface area contributed by atoms with Gasteiger partial charge >= 0.3 is 0 Å². The van der Waals surface area contributed by atoms with Crippen molar-refractivity contribution in [2.45, 2.75) is 11.8 Å². The van der Waals surface area contributed by atoms with E-state index >= 15 is 0 Å². The Hall–Kier alpha value is -2.38. The lowest BCUT2D eigenvalue weighted by Gasteiger charge is -2.09. The fourth-order valence-electron chi connectivity index (χ4n) is 2.02. The zero-order valence-corrected chi connectivity index (χ0v) is 14.2. The van der Waals surface area contributed by atoms with Crippen LogP contribution in [0.5, 0.6) is 5.75 Å². The summed E-state index contributed by atoms with van der Waals surface area (Å²) < 4.78 is 32.0. The topological polar surface area (TPSA) is 84.5 Å². The van der Waals surface area contributed by atoms with Crippen LogP contribution in [0.3, 0.4) is 0 Å². The van der Waals surface area contributed by atoms with Crippen LogP contribution in [-0.4, -0.2) is 34.0 Å². The smallest absolute Gasteiger partial charge is 0.251 e. The molecule has 0 saturated carbocycles. The van der Waals surface area contributed by atoms with Gasteiger partial charge in [-0.15, -0.1) is 0 Å². The number of sulfonamides is 1. The molecule has 0 saturated heterocycles. The lowest BCUT2D eigenvalue weighted by atomic mass is 10.2. The molecule has 0 aliphatic heterocycles. The van der Waals surface area contributed by atoms with Crippen molar-refractivity contribution < 1.29 is 17.9 Å². The molecule has 0 aliphatic rings. The van der Waals surface area contributed by atoms with Crippen molar-refractivity contribution in [3.05, 3.63) is 60.2 Å².